The first-order valence-electron chi connectivity index (χ1n) is 9.49. The van der Waals surface area contributed by atoms with Crippen LogP contribution in [0.4, 0.5) is 5.69 Å². The van der Waals surface area contributed by atoms with Crippen molar-refractivity contribution in [2.45, 2.75) is 6.04 Å². The van der Waals surface area contributed by atoms with E-state index in [0.717, 1.165) is 5.39 Å². The number of nitrogens with one attached hydrogen (secondary N) is 2. The lowest BCUT2D eigenvalue weighted by Crippen LogP contribution is -2.37. The third-order valence-electron chi connectivity index (χ3n) is 4.68. The molecule has 4 rings (SSSR count). The summed E-state index contributed by atoms with van der Waals surface area (Å²) in [5.74, 6) is -0.943. The Bertz CT molecular complexity index is 1280. The maximum Gasteiger partial charge on any atom is 0.270 e. The Hall–Kier alpha value is -3.41. The number of fused-ring (bicyclic) bond motifs is 1. The Kier molecular flexibility index (Phi) is 6.16. The topological polar surface area (TPSA) is 71.1 Å². The van der Waals surface area contributed by atoms with Crippen LogP contribution in [0.2, 0.25) is 10.0 Å². The SMILES string of the molecule is O=C(NC(C(=O)Nc1cccc(Cl)c1)c1ccccc1Cl)c1ccc2ccccc2n1. The average Bonchev–Trinajstić information content (AvgIpc) is 2.77. The summed E-state index contributed by atoms with van der Waals surface area (Å²) in [7, 11) is 0. The minimum absolute atomic E-state index is 0.200. The Morgan fingerprint density at radius 2 is 1.61 bits per heavy atom. The van der Waals surface area contributed by atoms with Crippen molar-refractivity contribution in [3.8, 4) is 0 Å². The van der Waals surface area contributed by atoms with Crippen LogP contribution in [0.1, 0.15) is 22.1 Å². The van der Waals surface area contributed by atoms with Gasteiger partial charge in [-0.1, -0.05) is 71.7 Å². The van der Waals surface area contributed by atoms with Gasteiger partial charge in [-0.3, -0.25) is 9.59 Å². The lowest BCUT2D eigenvalue weighted by atomic mass is 10.1. The van der Waals surface area contributed by atoms with E-state index in [-0.39, 0.29) is 5.69 Å². The fraction of sp³-hybridized carbons (Fsp3) is 0.0417. The minimum Gasteiger partial charge on any atom is -0.335 e. The van der Waals surface area contributed by atoms with Crippen LogP contribution in [0, 0.1) is 0 Å². The van der Waals surface area contributed by atoms with E-state index in [2.05, 4.69) is 15.6 Å². The first kappa shape index (κ1) is 20.8. The fourth-order valence-electron chi connectivity index (χ4n) is 3.17. The first-order chi connectivity index (χ1) is 15.0. The van der Waals surface area contributed by atoms with Crippen LogP contribution < -0.4 is 10.6 Å². The number of pyridine rings is 1. The molecule has 0 bridgehead atoms. The Morgan fingerprint density at radius 3 is 2.42 bits per heavy atom. The predicted octanol–water partition coefficient (Wildman–Crippen LogP) is 5.65. The van der Waals surface area contributed by atoms with E-state index in [1.807, 2.05) is 30.3 Å². The van der Waals surface area contributed by atoms with E-state index in [1.165, 1.54) is 0 Å². The molecule has 4 aromatic rings. The summed E-state index contributed by atoms with van der Waals surface area (Å²) in [5, 5.41) is 7.30. The molecule has 2 N–H and O–H groups in total. The predicted molar refractivity (Wildman–Crippen MR) is 123 cm³/mol. The largest absolute Gasteiger partial charge is 0.335 e. The van der Waals surface area contributed by atoms with E-state index in [9.17, 15) is 9.59 Å². The molecule has 154 valence electrons. The monoisotopic (exact) mass is 449 g/mol. The number of carbonyl (C=O) groups is 2. The molecule has 0 fully saturated rings. The van der Waals surface area contributed by atoms with Gasteiger partial charge in [0, 0.05) is 26.7 Å². The number of carbonyl (C=O) groups excluding carboxylic acids is 2. The molecule has 0 aliphatic carbocycles. The summed E-state index contributed by atoms with van der Waals surface area (Å²) >= 11 is 12.3. The molecule has 7 heteroatoms. The highest BCUT2D eigenvalue weighted by Gasteiger charge is 2.26. The van der Waals surface area contributed by atoms with Crippen molar-refractivity contribution in [1.29, 1.82) is 0 Å². The van der Waals surface area contributed by atoms with E-state index in [1.54, 1.807) is 54.6 Å². The zero-order valence-corrected chi connectivity index (χ0v) is 17.7. The van der Waals surface area contributed by atoms with Gasteiger partial charge >= 0.3 is 0 Å². The average molecular weight is 450 g/mol. The number of hydrogen-bond donors (Lipinski definition) is 2. The molecule has 0 aliphatic heterocycles. The molecule has 1 heterocycles. The Labute approximate surface area is 189 Å². The van der Waals surface area contributed by atoms with Crippen molar-refractivity contribution >= 4 is 51.6 Å². The second kappa shape index (κ2) is 9.16. The molecule has 0 spiro atoms. The van der Waals surface area contributed by atoms with Crippen molar-refractivity contribution in [2.24, 2.45) is 0 Å². The van der Waals surface area contributed by atoms with Crippen LogP contribution in [0.5, 0.6) is 0 Å². The third kappa shape index (κ3) is 4.85. The van der Waals surface area contributed by atoms with Gasteiger partial charge in [0.05, 0.1) is 5.52 Å². The lowest BCUT2D eigenvalue weighted by Gasteiger charge is -2.20. The molecule has 1 atom stereocenters. The smallest absolute Gasteiger partial charge is 0.270 e. The highest BCUT2D eigenvalue weighted by molar-refractivity contribution is 6.32. The number of hydrogen-bond acceptors (Lipinski definition) is 3. The highest BCUT2D eigenvalue weighted by Crippen LogP contribution is 2.25. The minimum atomic E-state index is -1.03. The molecule has 1 aromatic heterocycles. The second-order valence-electron chi connectivity index (χ2n) is 6.82. The molecular formula is C24H17Cl2N3O2. The summed E-state index contributed by atoms with van der Waals surface area (Å²) in [4.78, 5) is 30.5. The number of amides is 2. The Balaban J connectivity index is 1.64. The maximum absolute atomic E-state index is 13.1. The van der Waals surface area contributed by atoms with Crippen molar-refractivity contribution in [2.75, 3.05) is 5.32 Å². The normalized spacial score (nSPS) is 11.7. The van der Waals surface area contributed by atoms with Gasteiger partial charge in [-0.05, 0) is 36.4 Å². The lowest BCUT2D eigenvalue weighted by molar-refractivity contribution is -0.118. The van der Waals surface area contributed by atoms with Crippen molar-refractivity contribution in [3.05, 3.63) is 106 Å². The number of benzene rings is 3. The van der Waals surface area contributed by atoms with Gasteiger partial charge in [0.1, 0.15) is 11.7 Å². The zero-order valence-electron chi connectivity index (χ0n) is 16.2. The van der Waals surface area contributed by atoms with Crippen molar-refractivity contribution < 1.29 is 9.59 Å². The molecule has 2 amide bonds. The van der Waals surface area contributed by atoms with Gasteiger partial charge in [-0.15, -0.1) is 0 Å². The van der Waals surface area contributed by atoms with Crippen LogP contribution in [-0.2, 0) is 4.79 Å². The molecule has 31 heavy (non-hydrogen) atoms. The Morgan fingerprint density at radius 1 is 0.839 bits per heavy atom. The van der Waals surface area contributed by atoms with E-state index < -0.39 is 17.9 Å². The molecule has 5 nitrogen and oxygen atoms in total. The molecular weight excluding hydrogens is 433 g/mol. The van der Waals surface area contributed by atoms with E-state index in [0.29, 0.717) is 26.8 Å². The van der Waals surface area contributed by atoms with Crippen LogP contribution >= 0.6 is 23.2 Å². The number of aromatic nitrogens is 1. The van der Waals surface area contributed by atoms with Gasteiger partial charge in [0.2, 0.25) is 0 Å². The number of para-hydroxylation sites is 1. The van der Waals surface area contributed by atoms with Crippen LogP contribution in [0.3, 0.4) is 0 Å². The highest BCUT2D eigenvalue weighted by atomic mass is 35.5. The molecule has 0 saturated carbocycles. The van der Waals surface area contributed by atoms with Gasteiger partial charge in [-0.2, -0.15) is 0 Å². The van der Waals surface area contributed by atoms with Gasteiger partial charge in [0.25, 0.3) is 11.8 Å². The van der Waals surface area contributed by atoms with Gasteiger partial charge < -0.3 is 10.6 Å². The molecule has 0 radical (unpaired) electrons. The van der Waals surface area contributed by atoms with Crippen molar-refractivity contribution in [3.63, 3.8) is 0 Å². The number of rotatable bonds is 5. The molecule has 1 unspecified atom stereocenters. The van der Waals surface area contributed by atoms with Crippen LogP contribution in [-0.4, -0.2) is 16.8 Å². The molecule has 3 aromatic carbocycles. The zero-order chi connectivity index (χ0) is 21.8. The van der Waals surface area contributed by atoms with Gasteiger partial charge in [-0.25, -0.2) is 4.98 Å². The maximum atomic E-state index is 13.1. The third-order valence-corrected chi connectivity index (χ3v) is 5.26. The van der Waals surface area contributed by atoms with Crippen molar-refractivity contribution in [1.82, 2.24) is 10.3 Å². The molecule has 0 saturated heterocycles. The summed E-state index contributed by atoms with van der Waals surface area (Å²) < 4.78 is 0. The summed E-state index contributed by atoms with van der Waals surface area (Å²) in [6, 6.07) is 23.5. The number of halogens is 2. The number of anilines is 1. The quantitative estimate of drug-likeness (QED) is 0.413. The first-order valence-corrected chi connectivity index (χ1v) is 10.2. The summed E-state index contributed by atoms with van der Waals surface area (Å²) in [6.07, 6.45) is 0. The second-order valence-corrected chi connectivity index (χ2v) is 7.66. The fourth-order valence-corrected chi connectivity index (χ4v) is 3.61. The molecule has 0 aliphatic rings. The van der Waals surface area contributed by atoms with Crippen LogP contribution in [0.25, 0.3) is 10.9 Å². The number of nitrogens with zero attached hydrogens (tertiary/aromatic N) is 1. The van der Waals surface area contributed by atoms with Gasteiger partial charge in [0.15, 0.2) is 0 Å². The summed E-state index contributed by atoms with van der Waals surface area (Å²) in [6.45, 7) is 0. The van der Waals surface area contributed by atoms with Crippen LogP contribution in [0.15, 0.2) is 84.9 Å². The van der Waals surface area contributed by atoms with E-state index in [4.69, 9.17) is 23.2 Å². The summed E-state index contributed by atoms with van der Waals surface area (Å²) in [5.41, 5.74) is 1.87. The van der Waals surface area contributed by atoms with E-state index >= 15 is 0 Å². The standard InChI is InChI=1S/C24H17Cl2N3O2/c25-16-7-5-8-17(14-16)27-24(31)22(18-9-2-3-10-19(18)26)29-23(30)21-13-12-15-6-1-4-11-20(15)28-21/h1-14,22H,(H,27,31)(H,29,30).